The molecule has 31 heavy (non-hydrogen) atoms. The molecular formula is C23H19N3O5. The van der Waals surface area contributed by atoms with Gasteiger partial charge in [0, 0.05) is 25.7 Å². The van der Waals surface area contributed by atoms with Crippen LogP contribution in [0.25, 0.3) is 0 Å². The molecule has 0 N–H and O–H groups in total. The summed E-state index contributed by atoms with van der Waals surface area (Å²) in [7, 11) is 3.14. The molecule has 0 aliphatic rings. The van der Waals surface area contributed by atoms with Gasteiger partial charge in [0.05, 0.1) is 29.2 Å². The fraction of sp³-hybridized carbons (Fsp3) is 0.130. The van der Waals surface area contributed by atoms with Crippen molar-refractivity contribution in [3.05, 3.63) is 93.5 Å². The number of carbonyl (C=O) groups is 1. The number of rotatable bonds is 7. The van der Waals surface area contributed by atoms with Crippen molar-refractivity contribution in [2.75, 3.05) is 14.2 Å². The summed E-state index contributed by atoms with van der Waals surface area (Å²) < 4.78 is 11.0. The summed E-state index contributed by atoms with van der Waals surface area (Å²) in [5.74, 6) is 0.872. The topological polar surface area (TPSA) is 106 Å². The molecule has 8 heteroatoms. The minimum atomic E-state index is -0.561. The van der Waals surface area contributed by atoms with Crippen LogP contribution in [0.5, 0.6) is 17.2 Å². The van der Waals surface area contributed by atoms with E-state index in [2.05, 4.69) is 0 Å². The van der Waals surface area contributed by atoms with Crippen molar-refractivity contribution in [1.29, 1.82) is 5.26 Å². The molecule has 0 spiro atoms. The van der Waals surface area contributed by atoms with Crippen LogP contribution in [0.2, 0.25) is 0 Å². The second-order valence-corrected chi connectivity index (χ2v) is 6.69. The predicted octanol–water partition coefficient (Wildman–Crippen LogP) is 4.54. The Morgan fingerprint density at radius 2 is 1.71 bits per heavy atom. The van der Waals surface area contributed by atoms with E-state index in [1.54, 1.807) is 62.7 Å². The molecule has 0 saturated carbocycles. The Labute approximate surface area is 179 Å². The molecule has 3 aromatic carbocycles. The Bertz CT molecular complexity index is 1140. The van der Waals surface area contributed by atoms with E-state index in [1.165, 1.54) is 23.1 Å². The molecule has 0 aliphatic heterocycles. The minimum Gasteiger partial charge on any atom is -0.497 e. The standard InChI is InChI=1S/C23H19N3O5/c1-25(15-17-5-3-16(14-24)4-6-17)23(27)21-13-18(26(28)29)7-12-22(21)31-20-10-8-19(30-2)9-11-20/h3-13H,15H2,1-2H3. The Hall–Kier alpha value is -4.38. The van der Waals surface area contributed by atoms with Gasteiger partial charge in [-0.25, -0.2) is 0 Å². The van der Waals surface area contributed by atoms with E-state index >= 15 is 0 Å². The van der Waals surface area contributed by atoms with Crippen LogP contribution < -0.4 is 9.47 Å². The second-order valence-electron chi connectivity index (χ2n) is 6.69. The van der Waals surface area contributed by atoms with E-state index in [0.29, 0.717) is 17.1 Å². The van der Waals surface area contributed by atoms with Crippen molar-refractivity contribution < 1.29 is 19.2 Å². The first-order valence-electron chi connectivity index (χ1n) is 9.26. The zero-order chi connectivity index (χ0) is 22.4. The first-order valence-corrected chi connectivity index (χ1v) is 9.26. The summed E-state index contributed by atoms with van der Waals surface area (Å²) >= 11 is 0. The molecule has 0 aromatic heterocycles. The van der Waals surface area contributed by atoms with E-state index in [4.69, 9.17) is 14.7 Å². The number of nitriles is 1. The molecular weight excluding hydrogens is 398 g/mol. The first-order chi connectivity index (χ1) is 14.9. The van der Waals surface area contributed by atoms with Gasteiger partial charge < -0.3 is 14.4 Å². The van der Waals surface area contributed by atoms with E-state index in [-0.39, 0.29) is 23.5 Å². The lowest BCUT2D eigenvalue weighted by molar-refractivity contribution is -0.384. The number of methoxy groups -OCH3 is 1. The molecule has 3 rings (SSSR count). The number of benzene rings is 3. The van der Waals surface area contributed by atoms with Gasteiger partial charge in [-0.2, -0.15) is 5.26 Å². The third-order valence-electron chi connectivity index (χ3n) is 4.54. The molecule has 3 aromatic rings. The normalized spacial score (nSPS) is 10.1. The summed E-state index contributed by atoms with van der Waals surface area (Å²) in [4.78, 5) is 25.2. The van der Waals surface area contributed by atoms with Crippen molar-refractivity contribution >= 4 is 11.6 Å². The molecule has 0 unspecified atom stereocenters. The quantitative estimate of drug-likeness (QED) is 0.413. The fourth-order valence-electron chi connectivity index (χ4n) is 2.89. The summed E-state index contributed by atoms with van der Waals surface area (Å²) in [5.41, 5.74) is 1.20. The number of nitrogens with zero attached hydrogens (tertiary/aromatic N) is 3. The molecule has 156 valence electrons. The Morgan fingerprint density at radius 1 is 1.06 bits per heavy atom. The molecule has 0 aliphatic carbocycles. The Morgan fingerprint density at radius 3 is 2.29 bits per heavy atom. The molecule has 0 heterocycles. The minimum absolute atomic E-state index is 0.0705. The van der Waals surface area contributed by atoms with Gasteiger partial charge in [0.1, 0.15) is 17.2 Å². The smallest absolute Gasteiger partial charge is 0.270 e. The number of hydrogen-bond acceptors (Lipinski definition) is 6. The van der Waals surface area contributed by atoms with Crippen molar-refractivity contribution in [3.8, 4) is 23.3 Å². The number of non-ortho nitro benzene ring substituents is 1. The van der Waals surface area contributed by atoms with Crippen LogP contribution in [-0.4, -0.2) is 29.9 Å². The SMILES string of the molecule is COc1ccc(Oc2ccc([N+](=O)[O-])cc2C(=O)N(C)Cc2ccc(C#N)cc2)cc1. The fourth-order valence-corrected chi connectivity index (χ4v) is 2.89. The number of nitro benzene ring substituents is 1. The predicted molar refractivity (Wildman–Crippen MR) is 113 cm³/mol. The van der Waals surface area contributed by atoms with Crippen molar-refractivity contribution in [3.63, 3.8) is 0 Å². The van der Waals surface area contributed by atoms with Crippen LogP contribution in [0.4, 0.5) is 5.69 Å². The van der Waals surface area contributed by atoms with Crippen molar-refractivity contribution in [2.45, 2.75) is 6.54 Å². The van der Waals surface area contributed by atoms with Gasteiger partial charge in [0.25, 0.3) is 11.6 Å². The molecule has 0 bridgehead atoms. The average molecular weight is 417 g/mol. The Balaban J connectivity index is 1.88. The zero-order valence-corrected chi connectivity index (χ0v) is 16.9. The van der Waals surface area contributed by atoms with Gasteiger partial charge in [0.15, 0.2) is 0 Å². The van der Waals surface area contributed by atoms with E-state index < -0.39 is 10.8 Å². The van der Waals surface area contributed by atoms with Gasteiger partial charge in [-0.05, 0) is 48.0 Å². The number of nitro groups is 1. The second kappa shape index (κ2) is 9.41. The summed E-state index contributed by atoms with van der Waals surface area (Å²) in [6, 6.07) is 19.5. The van der Waals surface area contributed by atoms with E-state index in [1.807, 2.05) is 6.07 Å². The van der Waals surface area contributed by atoms with Gasteiger partial charge in [-0.3, -0.25) is 14.9 Å². The maximum absolute atomic E-state index is 13.1. The lowest BCUT2D eigenvalue weighted by Crippen LogP contribution is -2.26. The van der Waals surface area contributed by atoms with Crippen LogP contribution in [-0.2, 0) is 6.54 Å². The molecule has 0 atom stereocenters. The largest absolute Gasteiger partial charge is 0.497 e. The lowest BCUT2D eigenvalue weighted by Gasteiger charge is -2.19. The maximum Gasteiger partial charge on any atom is 0.270 e. The van der Waals surface area contributed by atoms with Crippen molar-refractivity contribution in [1.82, 2.24) is 4.90 Å². The maximum atomic E-state index is 13.1. The third kappa shape index (κ3) is 5.16. The summed E-state index contributed by atoms with van der Waals surface area (Å²) in [6.07, 6.45) is 0. The highest BCUT2D eigenvalue weighted by molar-refractivity contribution is 5.97. The highest BCUT2D eigenvalue weighted by Gasteiger charge is 2.21. The molecule has 0 radical (unpaired) electrons. The number of hydrogen-bond donors (Lipinski definition) is 0. The van der Waals surface area contributed by atoms with Crippen LogP contribution in [0.1, 0.15) is 21.5 Å². The van der Waals surface area contributed by atoms with Crippen molar-refractivity contribution in [2.24, 2.45) is 0 Å². The summed E-state index contributed by atoms with van der Waals surface area (Å²) in [6.45, 7) is 0.259. The Kier molecular flexibility index (Phi) is 6.48. The first kappa shape index (κ1) is 21.3. The highest BCUT2D eigenvalue weighted by atomic mass is 16.6. The van der Waals surface area contributed by atoms with Gasteiger partial charge in [-0.15, -0.1) is 0 Å². The monoisotopic (exact) mass is 417 g/mol. The number of carbonyl (C=O) groups excluding carboxylic acids is 1. The summed E-state index contributed by atoms with van der Waals surface area (Å²) in [5, 5.41) is 20.1. The number of ether oxygens (including phenoxy) is 2. The van der Waals surface area contributed by atoms with Crippen LogP contribution in [0.15, 0.2) is 66.7 Å². The van der Waals surface area contributed by atoms with Crippen LogP contribution >= 0.6 is 0 Å². The number of amides is 1. The van der Waals surface area contributed by atoms with E-state index in [0.717, 1.165) is 5.56 Å². The highest BCUT2D eigenvalue weighted by Crippen LogP contribution is 2.31. The van der Waals surface area contributed by atoms with Gasteiger partial charge in [-0.1, -0.05) is 12.1 Å². The molecule has 1 amide bonds. The lowest BCUT2D eigenvalue weighted by atomic mass is 10.1. The average Bonchev–Trinajstić information content (AvgIpc) is 2.79. The van der Waals surface area contributed by atoms with Crippen LogP contribution in [0.3, 0.4) is 0 Å². The molecule has 0 fully saturated rings. The zero-order valence-electron chi connectivity index (χ0n) is 16.9. The van der Waals surface area contributed by atoms with E-state index in [9.17, 15) is 14.9 Å². The molecule has 8 nitrogen and oxygen atoms in total. The van der Waals surface area contributed by atoms with Crippen LogP contribution in [0, 0.1) is 21.4 Å². The van der Waals surface area contributed by atoms with Gasteiger partial charge in [0.2, 0.25) is 0 Å². The molecule has 0 saturated heterocycles. The van der Waals surface area contributed by atoms with Gasteiger partial charge >= 0.3 is 0 Å². The third-order valence-corrected chi connectivity index (χ3v) is 4.54.